The molecule has 2 aromatic carbocycles. The monoisotopic (exact) mass is 443 g/mol. The van der Waals surface area contributed by atoms with E-state index in [9.17, 15) is 4.79 Å². The molecule has 0 fully saturated rings. The molecule has 1 heterocycles. The van der Waals surface area contributed by atoms with Crippen LogP contribution in [0.15, 0.2) is 58.4 Å². The molecule has 0 spiro atoms. The summed E-state index contributed by atoms with van der Waals surface area (Å²) in [7, 11) is 4.13. The van der Waals surface area contributed by atoms with Gasteiger partial charge in [0.05, 0.1) is 12.1 Å². The first-order chi connectivity index (χ1) is 13.0. The molecule has 4 nitrogen and oxygen atoms in total. The van der Waals surface area contributed by atoms with Gasteiger partial charge in [-0.2, -0.15) is 0 Å². The highest BCUT2D eigenvalue weighted by Crippen LogP contribution is 2.26. The van der Waals surface area contributed by atoms with Crippen LogP contribution in [0, 0.1) is 0 Å². The Morgan fingerprint density at radius 1 is 1.19 bits per heavy atom. The Kier molecular flexibility index (Phi) is 6.77. The third kappa shape index (κ3) is 5.99. The van der Waals surface area contributed by atoms with Crippen molar-refractivity contribution < 1.29 is 4.79 Å². The zero-order chi connectivity index (χ0) is 19.2. The van der Waals surface area contributed by atoms with Gasteiger partial charge in [0.1, 0.15) is 5.01 Å². The van der Waals surface area contributed by atoms with Crippen molar-refractivity contribution in [2.75, 3.05) is 26.0 Å². The molecule has 0 saturated heterocycles. The van der Waals surface area contributed by atoms with Gasteiger partial charge in [0.2, 0.25) is 5.91 Å². The molecule has 1 N–H and O–H groups in total. The third-order valence-corrected chi connectivity index (χ3v) is 5.48. The third-order valence-electron chi connectivity index (χ3n) is 4.05. The van der Waals surface area contributed by atoms with Crippen LogP contribution in [0.1, 0.15) is 11.3 Å². The summed E-state index contributed by atoms with van der Waals surface area (Å²) in [5, 5.41) is 5.81. The van der Waals surface area contributed by atoms with E-state index in [2.05, 4.69) is 57.4 Å². The second-order valence-electron chi connectivity index (χ2n) is 6.63. The number of hydrogen-bond donors (Lipinski definition) is 1. The molecular formula is C21H22BrN3OS. The number of amides is 1. The van der Waals surface area contributed by atoms with Crippen molar-refractivity contribution in [1.82, 2.24) is 9.88 Å². The number of anilines is 1. The van der Waals surface area contributed by atoms with E-state index in [0.717, 1.165) is 39.4 Å². The topological polar surface area (TPSA) is 45.2 Å². The lowest BCUT2D eigenvalue weighted by molar-refractivity contribution is -0.115. The molecule has 140 valence electrons. The minimum absolute atomic E-state index is 0.0536. The smallest absolute Gasteiger partial charge is 0.230 e. The Bertz CT molecular complexity index is 906. The normalized spacial score (nSPS) is 11.0. The molecule has 1 amide bonds. The van der Waals surface area contributed by atoms with Crippen LogP contribution in [-0.4, -0.2) is 36.4 Å². The van der Waals surface area contributed by atoms with Gasteiger partial charge in [0.15, 0.2) is 0 Å². The minimum Gasteiger partial charge on any atom is -0.326 e. The van der Waals surface area contributed by atoms with E-state index in [0.29, 0.717) is 0 Å². The number of thiazole rings is 1. The zero-order valence-corrected chi connectivity index (χ0v) is 17.8. The molecular weight excluding hydrogens is 422 g/mol. The first-order valence-electron chi connectivity index (χ1n) is 8.73. The zero-order valence-electron chi connectivity index (χ0n) is 15.4. The van der Waals surface area contributed by atoms with Gasteiger partial charge in [-0.1, -0.05) is 40.2 Å². The fraction of sp³-hybridized carbons (Fsp3) is 0.238. The summed E-state index contributed by atoms with van der Waals surface area (Å²) in [5.74, 6) is -0.0536. The van der Waals surface area contributed by atoms with Gasteiger partial charge in [0, 0.05) is 27.6 Å². The Morgan fingerprint density at radius 3 is 2.67 bits per heavy atom. The summed E-state index contributed by atoms with van der Waals surface area (Å²) in [5.41, 5.74) is 3.92. The molecule has 3 aromatic rings. The average Bonchev–Trinajstić information content (AvgIpc) is 3.09. The lowest BCUT2D eigenvalue weighted by atomic mass is 10.1. The van der Waals surface area contributed by atoms with Crippen molar-refractivity contribution in [3.63, 3.8) is 0 Å². The molecule has 0 aliphatic rings. The van der Waals surface area contributed by atoms with Gasteiger partial charge in [-0.3, -0.25) is 4.79 Å². The number of nitrogens with zero attached hydrogens (tertiary/aromatic N) is 2. The SMILES string of the molecule is CN(C)CCc1ccc(NC(=O)Cc2csc(-c3cccc(Br)c3)n2)cc1. The molecule has 6 heteroatoms. The summed E-state index contributed by atoms with van der Waals surface area (Å²) in [6, 6.07) is 16.0. The quantitative estimate of drug-likeness (QED) is 0.566. The van der Waals surface area contributed by atoms with Crippen molar-refractivity contribution in [3.05, 3.63) is 69.6 Å². The summed E-state index contributed by atoms with van der Waals surface area (Å²) in [6.45, 7) is 1.01. The lowest BCUT2D eigenvalue weighted by Gasteiger charge is -2.10. The van der Waals surface area contributed by atoms with Crippen LogP contribution in [-0.2, 0) is 17.6 Å². The summed E-state index contributed by atoms with van der Waals surface area (Å²) in [4.78, 5) is 19.1. The van der Waals surface area contributed by atoms with E-state index < -0.39 is 0 Å². The number of halogens is 1. The first kappa shape index (κ1) is 19.7. The number of likely N-dealkylation sites (N-methyl/N-ethyl adjacent to an activating group) is 1. The number of nitrogens with one attached hydrogen (secondary N) is 1. The van der Waals surface area contributed by atoms with Crippen molar-refractivity contribution in [3.8, 4) is 10.6 Å². The fourth-order valence-electron chi connectivity index (χ4n) is 2.62. The second-order valence-corrected chi connectivity index (χ2v) is 8.40. The Labute approximate surface area is 172 Å². The summed E-state index contributed by atoms with van der Waals surface area (Å²) < 4.78 is 1.02. The standard InChI is InChI=1S/C21H22BrN3OS/c1-25(2)11-10-15-6-8-18(9-7-15)23-20(26)13-19-14-27-21(24-19)16-4-3-5-17(22)12-16/h3-9,12,14H,10-11,13H2,1-2H3,(H,23,26). The van der Waals surface area contributed by atoms with Crippen molar-refractivity contribution in [1.29, 1.82) is 0 Å². The van der Waals surface area contributed by atoms with Crippen molar-refractivity contribution >= 4 is 38.9 Å². The van der Waals surface area contributed by atoms with Crippen LogP contribution in [0.5, 0.6) is 0 Å². The van der Waals surface area contributed by atoms with E-state index in [-0.39, 0.29) is 12.3 Å². The number of hydrogen-bond acceptors (Lipinski definition) is 4. The van der Waals surface area contributed by atoms with E-state index >= 15 is 0 Å². The lowest BCUT2D eigenvalue weighted by Crippen LogP contribution is -2.15. The maximum absolute atomic E-state index is 12.3. The molecule has 0 aliphatic carbocycles. The van der Waals surface area contributed by atoms with Crippen LogP contribution < -0.4 is 5.32 Å². The van der Waals surface area contributed by atoms with Gasteiger partial charge in [-0.15, -0.1) is 11.3 Å². The van der Waals surface area contributed by atoms with E-state index in [1.165, 1.54) is 5.56 Å². The number of aromatic nitrogens is 1. The largest absolute Gasteiger partial charge is 0.326 e. The van der Waals surface area contributed by atoms with Gasteiger partial charge < -0.3 is 10.2 Å². The second kappa shape index (κ2) is 9.26. The van der Waals surface area contributed by atoms with Crippen LogP contribution >= 0.6 is 27.3 Å². The molecule has 0 saturated carbocycles. The van der Waals surface area contributed by atoms with E-state index in [1.54, 1.807) is 11.3 Å². The van der Waals surface area contributed by atoms with Crippen molar-refractivity contribution in [2.45, 2.75) is 12.8 Å². The molecule has 0 aliphatic heterocycles. The van der Waals surface area contributed by atoms with E-state index in [4.69, 9.17) is 0 Å². The van der Waals surface area contributed by atoms with Crippen LogP contribution in [0.2, 0.25) is 0 Å². The maximum Gasteiger partial charge on any atom is 0.230 e. The minimum atomic E-state index is -0.0536. The number of rotatable bonds is 7. The first-order valence-corrected chi connectivity index (χ1v) is 10.4. The van der Waals surface area contributed by atoms with Gasteiger partial charge >= 0.3 is 0 Å². The molecule has 27 heavy (non-hydrogen) atoms. The summed E-state index contributed by atoms with van der Waals surface area (Å²) in [6.07, 6.45) is 1.27. The Hall–Kier alpha value is -2.02. The molecule has 1 aromatic heterocycles. The Balaban J connectivity index is 1.56. The maximum atomic E-state index is 12.3. The van der Waals surface area contributed by atoms with E-state index in [1.807, 2.05) is 41.8 Å². The molecule has 0 radical (unpaired) electrons. The van der Waals surface area contributed by atoms with Gasteiger partial charge in [-0.05, 0) is 50.3 Å². The Morgan fingerprint density at radius 2 is 1.96 bits per heavy atom. The molecule has 0 bridgehead atoms. The highest BCUT2D eigenvalue weighted by molar-refractivity contribution is 9.10. The average molecular weight is 444 g/mol. The molecule has 0 atom stereocenters. The number of carbonyl (C=O) groups is 1. The highest BCUT2D eigenvalue weighted by atomic mass is 79.9. The molecule has 0 unspecified atom stereocenters. The van der Waals surface area contributed by atoms with Crippen LogP contribution in [0.4, 0.5) is 5.69 Å². The van der Waals surface area contributed by atoms with Crippen LogP contribution in [0.25, 0.3) is 10.6 Å². The van der Waals surface area contributed by atoms with Gasteiger partial charge in [-0.25, -0.2) is 4.98 Å². The fourth-order valence-corrected chi connectivity index (χ4v) is 3.84. The molecule has 3 rings (SSSR count). The number of benzene rings is 2. The predicted octanol–water partition coefficient (Wildman–Crippen LogP) is 4.86. The predicted molar refractivity (Wildman–Crippen MR) is 116 cm³/mol. The van der Waals surface area contributed by atoms with Crippen LogP contribution in [0.3, 0.4) is 0 Å². The summed E-state index contributed by atoms with van der Waals surface area (Å²) >= 11 is 5.03. The van der Waals surface area contributed by atoms with Crippen molar-refractivity contribution in [2.24, 2.45) is 0 Å². The highest BCUT2D eigenvalue weighted by Gasteiger charge is 2.10. The number of carbonyl (C=O) groups excluding carboxylic acids is 1. The van der Waals surface area contributed by atoms with Gasteiger partial charge in [0.25, 0.3) is 0 Å².